The van der Waals surface area contributed by atoms with Gasteiger partial charge in [0.25, 0.3) is 0 Å². The molecule has 0 N–H and O–H groups in total. The molecule has 120 valence electrons. The minimum atomic E-state index is 0.146. The van der Waals surface area contributed by atoms with Crippen LogP contribution in [0.1, 0.15) is 13.8 Å². The summed E-state index contributed by atoms with van der Waals surface area (Å²) in [4.78, 5) is 9.22. The van der Waals surface area contributed by atoms with Gasteiger partial charge in [-0.05, 0) is 31.4 Å². The van der Waals surface area contributed by atoms with Crippen molar-refractivity contribution in [1.29, 1.82) is 0 Å². The Morgan fingerprint density at radius 2 is 1.88 bits per heavy atom. The van der Waals surface area contributed by atoms with Gasteiger partial charge in [0.2, 0.25) is 0 Å². The fourth-order valence-electron chi connectivity index (χ4n) is 3.06. The van der Waals surface area contributed by atoms with E-state index >= 15 is 0 Å². The van der Waals surface area contributed by atoms with E-state index in [4.69, 9.17) is 9.72 Å². The number of hydrogen-bond donors (Lipinski definition) is 0. The largest absolute Gasteiger partial charge is 0.491 e. The van der Waals surface area contributed by atoms with Gasteiger partial charge in [-0.2, -0.15) is 0 Å². The number of benzene rings is 2. The maximum atomic E-state index is 5.79. The van der Waals surface area contributed by atoms with Crippen LogP contribution in [0.3, 0.4) is 0 Å². The molecule has 0 aliphatic rings. The summed E-state index contributed by atoms with van der Waals surface area (Å²) in [6, 6.07) is 14.3. The third-order valence-corrected chi connectivity index (χ3v) is 4.13. The average Bonchev–Trinajstić information content (AvgIpc) is 2.90. The quantitative estimate of drug-likeness (QED) is 0.555. The highest BCUT2D eigenvalue weighted by molar-refractivity contribution is 5.96. The molecule has 0 saturated carbocycles. The predicted octanol–water partition coefficient (Wildman–Crippen LogP) is 4.58. The number of ether oxygens (including phenoxy) is 1. The van der Waals surface area contributed by atoms with Crippen molar-refractivity contribution in [3.63, 3.8) is 0 Å². The fraction of sp³-hybridized carbons (Fsp3) is 0.200. The minimum Gasteiger partial charge on any atom is -0.491 e. The van der Waals surface area contributed by atoms with E-state index in [-0.39, 0.29) is 6.10 Å². The van der Waals surface area contributed by atoms with Crippen LogP contribution < -0.4 is 4.74 Å². The summed E-state index contributed by atoms with van der Waals surface area (Å²) in [7, 11) is 2.04. The second kappa shape index (κ2) is 5.64. The summed E-state index contributed by atoms with van der Waals surface area (Å²) in [6.45, 7) is 4.05. The fourth-order valence-corrected chi connectivity index (χ4v) is 3.06. The minimum absolute atomic E-state index is 0.146. The summed E-state index contributed by atoms with van der Waals surface area (Å²) < 4.78 is 7.89. The maximum absolute atomic E-state index is 5.79. The zero-order valence-electron chi connectivity index (χ0n) is 14.0. The molecule has 4 nitrogen and oxygen atoms in total. The normalized spacial score (nSPS) is 11.5. The molecule has 4 rings (SSSR count). The Hall–Kier alpha value is -2.88. The van der Waals surface area contributed by atoms with Crippen LogP contribution in [0.2, 0.25) is 0 Å². The molecule has 2 aromatic carbocycles. The lowest BCUT2D eigenvalue weighted by Crippen LogP contribution is -2.05. The summed E-state index contributed by atoms with van der Waals surface area (Å²) in [6.07, 6.45) is 3.92. The van der Waals surface area contributed by atoms with Gasteiger partial charge in [0.1, 0.15) is 11.6 Å². The van der Waals surface area contributed by atoms with Crippen molar-refractivity contribution in [2.45, 2.75) is 20.0 Å². The Bertz CT molecular complexity index is 1030. The molecule has 0 unspecified atom stereocenters. The Kier molecular flexibility index (Phi) is 3.45. The van der Waals surface area contributed by atoms with Crippen molar-refractivity contribution in [1.82, 2.24) is 14.5 Å². The first kappa shape index (κ1) is 14.7. The van der Waals surface area contributed by atoms with Crippen LogP contribution in [0.5, 0.6) is 5.75 Å². The second-order valence-electron chi connectivity index (χ2n) is 6.22. The average molecular weight is 317 g/mol. The number of nitrogens with zero attached hydrogens (tertiary/aromatic N) is 3. The highest BCUT2D eigenvalue weighted by Crippen LogP contribution is 2.30. The van der Waals surface area contributed by atoms with Crippen LogP contribution in [0, 0.1) is 0 Å². The zero-order valence-corrected chi connectivity index (χ0v) is 14.0. The molecule has 0 spiro atoms. The molecule has 0 radical (unpaired) electrons. The Morgan fingerprint density at radius 1 is 1.04 bits per heavy atom. The number of hydrogen-bond acceptors (Lipinski definition) is 3. The van der Waals surface area contributed by atoms with Gasteiger partial charge < -0.3 is 9.30 Å². The topological polar surface area (TPSA) is 39.9 Å². The SMILES string of the molecule is CC(C)Oc1ccc2c(c1)nc(-c1cncc3ccccc13)n2C. The van der Waals surface area contributed by atoms with E-state index in [1.54, 1.807) is 0 Å². The van der Waals surface area contributed by atoms with Gasteiger partial charge in [0.05, 0.1) is 17.1 Å². The summed E-state index contributed by atoms with van der Waals surface area (Å²) in [5.41, 5.74) is 3.05. The number of aryl methyl sites for hydroxylation is 1. The molecule has 2 aromatic heterocycles. The lowest BCUT2D eigenvalue weighted by atomic mass is 10.1. The van der Waals surface area contributed by atoms with Gasteiger partial charge >= 0.3 is 0 Å². The van der Waals surface area contributed by atoms with Crippen LogP contribution in [0.25, 0.3) is 33.2 Å². The van der Waals surface area contributed by atoms with Crippen molar-refractivity contribution in [2.75, 3.05) is 0 Å². The van der Waals surface area contributed by atoms with Gasteiger partial charge in [-0.1, -0.05) is 24.3 Å². The molecular formula is C20H19N3O. The van der Waals surface area contributed by atoms with Crippen molar-refractivity contribution in [3.8, 4) is 17.1 Å². The van der Waals surface area contributed by atoms with Crippen molar-refractivity contribution in [2.24, 2.45) is 7.05 Å². The molecule has 0 aliphatic heterocycles. The lowest BCUT2D eigenvalue weighted by molar-refractivity contribution is 0.242. The zero-order chi connectivity index (χ0) is 16.7. The molecule has 0 bridgehead atoms. The summed E-state index contributed by atoms with van der Waals surface area (Å²) >= 11 is 0. The van der Waals surface area contributed by atoms with E-state index in [0.717, 1.165) is 38.9 Å². The molecule has 0 atom stereocenters. The van der Waals surface area contributed by atoms with E-state index in [1.165, 1.54) is 0 Å². The Labute approximate surface area is 140 Å². The number of rotatable bonds is 3. The van der Waals surface area contributed by atoms with Crippen LogP contribution >= 0.6 is 0 Å². The van der Waals surface area contributed by atoms with Crippen LogP contribution in [0.4, 0.5) is 0 Å². The van der Waals surface area contributed by atoms with Gasteiger partial charge in [-0.3, -0.25) is 4.98 Å². The van der Waals surface area contributed by atoms with Gasteiger partial charge in [0, 0.05) is 36.5 Å². The van der Waals surface area contributed by atoms with Gasteiger partial charge in [-0.15, -0.1) is 0 Å². The van der Waals surface area contributed by atoms with E-state index in [1.807, 2.05) is 57.6 Å². The van der Waals surface area contributed by atoms with E-state index < -0.39 is 0 Å². The molecule has 24 heavy (non-hydrogen) atoms. The Balaban J connectivity index is 1.91. The number of fused-ring (bicyclic) bond motifs is 2. The summed E-state index contributed by atoms with van der Waals surface area (Å²) in [5, 5.41) is 2.27. The monoisotopic (exact) mass is 317 g/mol. The van der Waals surface area contributed by atoms with E-state index in [9.17, 15) is 0 Å². The van der Waals surface area contributed by atoms with Crippen LogP contribution in [-0.4, -0.2) is 20.6 Å². The van der Waals surface area contributed by atoms with Crippen LogP contribution in [-0.2, 0) is 7.05 Å². The van der Waals surface area contributed by atoms with Crippen molar-refractivity contribution >= 4 is 21.8 Å². The number of imidazole rings is 1. The molecule has 0 fully saturated rings. The predicted molar refractivity (Wildman–Crippen MR) is 97.2 cm³/mol. The number of aromatic nitrogens is 3. The van der Waals surface area contributed by atoms with Gasteiger partial charge in [0.15, 0.2) is 0 Å². The maximum Gasteiger partial charge on any atom is 0.143 e. The standard InChI is InChI=1S/C20H19N3O/c1-13(2)24-15-8-9-19-18(10-15)22-20(23(19)3)17-12-21-11-14-6-4-5-7-16(14)17/h4-13H,1-3H3. The first-order valence-corrected chi connectivity index (χ1v) is 8.10. The number of pyridine rings is 1. The molecule has 0 amide bonds. The molecular weight excluding hydrogens is 298 g/mol. The molecule has 4 heteroatoms. The van der Waals surface area contributed by atoms with Gasteiger partial charge in [-0.25, -0.2) is 4.98 Å². The van der Waals surface area contributed by atoms with Crippen LogP contribution in [0.15, 0.2) is 54.9 Å². The Morgan fingerprint density at radius 3 is 2.71 bits per heavy atom. The third kappa shape index (κ3) is 2.40. The molecule has 0 aliphatic carbocycles. The lowest BCUT2D eigenvalue weighted by Gasteiger charge is -2.09. The third-order valence-electron chi connectivity index (χ3n) is 4.13. The molecule has 2 heterocycles. The summed E-state index contributed by atoms with van der Waals surface area (Å²) in [5.74, 6) is 1.76. The molecule has 0 saturated heterocycles. The van der Waals surface area contributed by atoms with Crippen molar-refractivity contribution < 1.29 is 4.74 Å². The van der Waals surface area contributed by atoms with E-state index in [2.05, 4.69) is 27.8 Å². The first-order valence-electron chi connectivity index (χ1n) is 8.10. The highest BCUT2D eigenvalue weighted by Gasteiger charge is 2.13. The van der Waals surface area contributed by atoms with E-state index in [0.29, 0.717) is 0 Å². The smallest absolute Gasteiger partial charge is 0.143 e. The highest BCUT2D eigenvalue weighted by atomic mass is 16.5. The first-order chi connectivity index (χ1) is 11.6. The van der Waals surface area contributed by atoms with Crippen molar-refractivity contribution in [3.05, 3.63) is 54.9 Å². The second-order valence-corrected chi connectivity index (χ2v) is 6.22. The molecule has 4 aromatic rings.